The molecule has 0 aromatic rings. The molecule has 0 radical (unpaired) electrons. The molecule has 1 rings (SSSR count). The van der Waals surface area contributed by atoms with Crippen LogP contribution in [0.1, 0.15) is 322 Å². The molecule has 452 valence electrons. The van der Waals surface area contributed by atoms with Gasteiger partial charge in [0.2, 0.25) is 5.91 Å². The van der Waals surface area contributed by atoms with Crippen LogP contribution >= 0.6 is 0 Å². The van der Waals surface area contributed by atoms with Gasteiger partial charge in [0.25, 0.3) is 0 Å². The smallest absolute Gasteiger partial charge is 0.220 e. The second kappa shape index (κ2) is 57.4. The minimum absolute atomic E-state index is 0.139. The number of aliphatic hydroxyl groups is 5. The van der Waals surface area contributed by atoms with Crippen LogP contribution in [0.2, 0.25) is 0 Å². The molecule has 0 aromatic carbocycles. The zero-order valence-corrected chi connectivity index (χ0v) is 50.5. The molecule has 9 nitrogen and oxygen atoms in total. The molecule has 0 bridgehead atoms. The molecule has 77 heavy (non-hydrogen) atoms. The Bertz CT molecular complexity index is 1350. The Balaban J connectivity index is 2.13. The maximum absolute atomic E-state index is 13.1. The van der Waals surface area contributed by atoms with E-state index in [-0.39, 0.29) is 12.5 Å². The van der Waals surface area contributed by atoms with Gasteiger partial charge in [-0.25, -0.2) is 0 Å². The van der Waals surface area contributed by atoms with Crippen molar-refractivity contribution in [1.29, 1.82) is 0 Å². The standard InChI is InChI=1S/C68H127NO8/c1-3-5-7-9-11-13-15-17-19-21-23-25-27-28-29-30-31-32-33-34-36-37-39-41-43-45-47-49-51-53-55-57-62(71)61(60-76-68-67(75)66(74)65(73)63(59-70)77-68)69-64(72)58-56-54-52-50-48-46-44-42-40-38-35-26-24-22-20-18-16-14-12-10-8-6-4-2/h6,8,12,14,18,20,24,26,61-63,65-68,70-71,73-75H,3-5,7,9-11,13,15-17,19,21-23,25,27-60H2,1-2H3,(H,69,72)/b8-6-,14-12-,20-18-,26-24-. The number of aliphatic hydroxyl groups excluding tert-OH is 5. The summed E-state index contributed by atoms with van der Waals surface area (Å²) in [5.41, 5.74) is 0. The van der Waals surface area contributed by atoms with Crippen LogP contribution in [0, 0.1) is 0 Å². The van der Waals surface area contributed by atoms with E-state index in [1.165, 1.54) is 225 Å². The Hall–Kier alpha value is -1.85. The van der Waals surface area contributed by atoms with Crippen molar-refractivity contribution >= 4 is 5.91 Å². The van der Waals surface area contributed by atoms with Gasteiger partial charge in [-0.2, -0.15) is 0 Å². The van der Waals surface area contributed by atoms with Gasteiger partial charge >= 0.3 is 0 Å². The second-order valence-corrected chi connectivity index (χ2v) is 23.2. The molecular formula is C68H127NO8. The van der Waals surface area contributed by atoms with Crippen LogP contribution in [0.4, 0.5) is 0 Å². The van der Waals surface area contributed by atoms with Gasteiger partial charge in [-0.15, -0.1) is 0 Å². The summed E-state index contributed by atoms with van der Waals surface area (Å²) in [5.74, 6) is -0.146. The van der Waals surface area contributed by atoms with Crippen LogP contribution < -0.4 is 5.32 Å². The van der Waals surface area contributed by atoms with Gasteiger partial charge in [0.05, 0.1) is 25.4 Å². The van der Waals surface area contributed by atoms with Crippen molar-refractivity contribution in [2.75, 3.05) is 13.2 Å². The zero-order valence-electron chi connectivity index (χ0n) is 50.5. The average Bonchev–Trinajstić information content (AvgIpc) is 3.43. The number of allylic oxidation sites excluding steroid dienone is 8. The lowest BCUT2D eigenvalue weighted by Crippen LogP contribution is -2.60. The minimum atomic E-state index is -1.56. The first-order valence-electron chi connectivity index (χ1n) is 33.3. The average molecular weight is 1090 g/mol. The fourth-order valence-corrected chi connectivity index (χ4v) is 10.7. The molecule has 1 saturated heterocycles. The Labute approximate surface area is 475 Å². The fourth-order valence-electron chi connectivity index (χ4n) is 10.7. The minimum Gasteiger partial charge on any atom is -0.394 e. The highest BCUT2D eigenvalue weighted by Crippen LogP contribution is 2.24. The molecule has 9 heteroatoms. The second-order valence-electron chi connectivity index (χ2n) is 23.2. The molecular weight excluding hydrogens is 959 g/mol. The highest BCUT2D eigenvalue weighted by Gasteiger charge is 2.44. The third-order valence-corrected chi connectivity index (χ3v) is 15.9. The van der Waals surface area contributed by atoms with Crippen molar-refractivity contribution in [1.82, 2.24) is 5.32 Å². The number of carbonyl (C=O) groups excluding carboxylic acids is 1. The molecule has 1 aliphatic heterocycles. The summed E-state index contributed by atoms with van der Waals surface area (Å²) in [7, 11) is 0. The van der Waals surface area contributed by atoms with Crippen LogP contribution in [0.5, 0.6) is 0 Å². The number of unbranched alkanes of at least 4 members (excludes halogenated alkanes) is 40. The molecule has 1 aliphatic rings. The van der Waals surface area contributed by atoms with Crippen LogP contribution in [0.3, 0.4) is 0 Å². The van der Waals surface area contributed by atoms with E-state index < -0.39 is 49.5 Å². The summed E-state index contributed by atoms with van der Waals surface area (Å²) in [6.45, 7) is 3.76. The number of carbonyl (C=O) groups is 1. The summed E-state index contributed by atoms with van der Waals surface area (Å²) in [6, 6.07) is -0.725. The molecule has 0 spiro atoms. The first-order valence-corrected chi connectivity index (χ1v) is 33.3. The topological polar surface area (TPSA) is 149 Å². The van der Waals surface area contributed by atoms with Crippen molar-refractivity contribution in [2.45, 2.75) is 365 Å². The monoisotopic (exact) mass is 1090 g/mol. The highest BCUT2D eigenvalue weighted by atomic mass is 16.7. The maximum Gasteiger partial charge on any atom is 0.220 e. The Kier molecular flexibility index (Phi) is 54.5. The van der Waals surface area contributed by atoms with E-state index in [0.29, 0.717) is 12.8 Å². The first kappa shape index (κ1) is 73.2. The highest BCUT2D eigenvalue weighted by molar-refractivity contribution is 5.76. The number of rotatable bonds is 58. The largest absolute Gasteiger partial charge is 0.394 e. The normalized spacial score (nSPS) is 19.0. The van der Waals surface area contributed by atoms with Gasteiger partial charge in [0.15, 0.2) is 6.29 Å². The predicted molar refractivity (Wildman–Crippen MR) is 327 cm³/mol. The molecule has 1 fully saturated rings. The maximum atomic E-state index is 13.1. The van der Waals surface area contributed by atoms with Crippen LogP contribution in [0.15, 0.2) is 48.6 Å². The molecule has 7 unspecified atom stereocenters. The van der Waals surface area contributed by atoms with E-state index in [1.54, 1.807) is 0 Å². The van der Waals surface area contributed by atoms with Gasteiger partial charge in [0.1, 0.15) is 24.4 Å². The fraction of sp³-hybridized carbons (Fsp3) is 0.868. The number of hydrogen-bond acceptors (Lipinski definition) is 8. The molecule has 0 aliphatic carbocycles. The Morgan fingerprint density at radius 2 is 0.805 bits per heavy atom. The van der Waals surface area contributed by atoms with E-state index in [4.69, 9.17) is 9.47 Å². The van der Waals surface area contributed by atoms with Crippen molar-refractivity contribution in [3.8, 4) is 0 Å². The number of amides is 1. The molecule has 1 amide bonds. The summed E-state index contributed by atoms with van der Waals surface area (Å²) in [5, 5.41) is 54.9. The predicted octanol–water partition coefficient (Wildman–Crippen LogP) is 17.6. The number of nitrogens with one attached hydrogen (secondary N) is 1. The van der Waals surface area contributed by atoms with E-state index >= 15 is 0 Å². The van der Waals surface area contributed by atoms with Crippen molar-refractivity contribution in [3.63, 3.8) is 0 Å². The molecule has 0 saturated carbocycles. The number of hydrogen-bond donors (Lipinski definition) is 6. The van der Waals surface area contributed by atoms with Crippen LogP contribution in [-0.2, 0) is 14.3 Å². The van der Waals surface area contributed by atoms with Crippen molar-refractivity contribution in [2.24, 2.45) is 0 Å². The molecule has 6 N–H and O–H groups in total. The number of ether oxygens (including phenoxy) is 2. The van der Waals surface area contributed by atoms with Gasteiger partial charge < -0.3 is 40.3 Å². The Morgan fingerprint density at radius 1 is 0.455 bits per heavy atom. The quantitative estimate of drug-likeness (QED) is 0.0261. The van der Waals surface area contributed by atoms with Gasteiger partial charge in [-0.05, 0) is 51.4 Å². The third-order valence-electron chi connectivity index (χ3n) is 15.9. The summed E-state index contributed by atoms with van der Waals surface area (Å²) in [4.78, 5) is 13.1. The molecule has 0 aromatic heterocycles. The van der Waals surface area contributed by atoms with Gasteiger partial charge in [-0.1, -0.05) is 313 Å². The lowest BCUT2D eigenvalue weighted by molar-refractivity contribution is -0.302. The van der Waals surface area contributed by atoms with E-state index in [2.05, 4.69) is 67.8 Å². The SMILES string of the molecule is CC/C=C\C/C=C\C/C=C\C/C=C\CCCCCCCCCCCCC(=O)NC(COC1OC(CO)C(O)C(O)C1O)C(O)CCCCCCCCCCCCCCCCCCCCCCCCCCCCCCCCC. The first-order chi connectivity index (χ1) is 37.8. The van der Waals surface area contributed by atoms with Crippen molar-refractivity contribution in [3.05, 3.63) is 48.6 Å². The Morgan fingerprint density at radius 3 is 1.19 bits per heavy atom. The van der Waals surface area contributed by atoms with Gasteiger partial charge in [0, 0.05) is 6.42 Å². The van der Waals surface area contributed by atoms with E-state index in [9.17, 15) is 30.3 Å². The molecule has 1 heterocycles. The van der Waals surface area contributed by atoms with Crippen LogP contribution in [-0.4, -0.2) is 87.5 Å². The zero-order chi connectivity index (χ0) is 55.8. The summed E-state index contributed by atoms with van der Waals surface area (Å²) >= 11 is 0. The lowest BCUT2D eigenvalue weighted by atomic mass is 9.99. The molecule has 7 atom stereocenters. The summed E-state index contributed by atoms with van der Waals surface area (Å²) < 4.78 is 11.4. The summed E-state index contributed by atoms with van der Waals surface area (Å²) in [6.07, 6.45) is 70.2. The van der Waals surface area contributed by atoms with Crippen LogP contribution in [0.25, 0.3) is 0 Å². The third kappa shape index (κ3) is 46.5. The van der Waals surface area contributed by atoms with E-state index in [1.807, 2.05) is 0 Å². The lowest BCUT2D eigenvalue weighted by Gasteiger charge is -2.40. The van der Waals surface area contributed by atoms with Crippen molar-refractivity contribution < 1.29 is 39.8 Å². The van der Waals surface area contributed by atoms with Gasteiger partial charge in [-0.3, -0.25) is 4.79 Å². The van der Waals surface area contributed by atoms with E-state index in [0.717, 1.165) is 70.6 Å².